The molecule has 1 heterocycles. The lowest BCUT2D eigenvalue weighted by molar-refractivity contribution is -0.134. The molecule has 0 unspecified atom stereocenters. The van der Waals surface area contributed by atoms with E-state index in [0.29, 0.717) is 11.8 Å². The molecule has 184 valence electrons. The van der Waals surface area contributed by atoms with Crippen LogP contribution in [-0.2, 0) is 22.4 Å². The molecule has 2 aliphatic carbocycles. The van der Waals surface area contributed by atoms with Crippen LogP contribution in [0.5, 0.6) is 0 Å². The Balaban J connectivity index is 1.53. The van der Waals surface area contributed by atoms with Gasteiger partial charge >= 0.3 is 0 Å². The van der Waals surface area contributed by atoms with E-state index in [9.17, 15) is 4.79 Å². The third-order valence-corrected chi connectivity index (χ3v) is 7.95. The fourth-order valence-electron chi connectivity index (χ4n) is 6.04. The Bertz CT molecular complexity index is 902. The van der Waals surface area contributed by atoms with E-state index in [0.717, 1.165) is 70.4 Å². The third-order valence-electron chi connectivity index (χ3n) is 7.95. The zero-order chi connectivity index (χ0) is 23.9. The summed E-state index contributed by atoms with van der Waals surface area (Å²) in [5, 5.41) is 3.47. The van der Waals surface area contributed by atoms with Gasteiger partial charge in [0.05, 0.1) is 12.6 Å². The molecule has 0 saturated carbocycles. The van der Waals surface area contributed by atoms with E-state index in [-0.39, 0.29) is 18.0 Å². The lowest BCUT2D eigenvalue weighted by Crippen LogP contribution is -2.64. The molecule has 34 heavy (non-hydrogen) atoms. The first-order valence-electron chi connectivity index (χ1n) is 13.4. The zero-order valence-corrected chi connectivity index (χ0v) is 21.3. The van der Waals surface area contributed by atoms with Gasteiger partial charge in [0.15, 0.2) is 0 Å². The van der Waals surface area contributed by atoms with Crippen molar-refractivity contribution in [2.45, 2.75) is 77.8 Å². The maximum absolute atomic E-state index is 13.5. The summed E-state index contributed by atoms with van der Waals surface area (Å²) in [5.41, 5.74) is 4.15. The Morgan fingerprint density at radius 1 is 1.18 bits per heavy atom. The summed E-state index contributed by atoms with van der Waals surface area (Å²) >= 11 is 0. The predicted octanol–water partition coefficient (Wildman–Crippen LogP) is 5.59. The number of benzene rings is 1. The zero-order valence-electron chi connectivity index (χ0n) is 21.3. The molecule has 0 radical (unpaired) electrons. The lowest BCUT2D eigenvalue weighted by atomic mass is 9.86. The van der Waals surface area contributed by atoms with Crippen LogP contribution in [0.25, 0.3) is 0 Å². The van der Waals surface area contributed by atoms with Gasteiger partial charge in [-0.2, -0.15) is 0 Å². The molecule has 1 aromatic rings. The fraction of sp³-hybridized carbons (Fsp3) is 0.567. The van der Waals surface area contributed by atoms with Crippen molar-refractivity contribution in [2.24, 2.45) is 11.8 Å². The lowest BCUT2D eigenvalue weighted by Gasteiger charge is -2.44. The van der Waals surface area contributed by atoms with Crippen LogP contribution in [0.4, 0.5) is 0 Å². The van der Waals surface area contributed by atoms with Crippen LogP contribution < -0.4 is 5.32 Å². The van der Waals surface area contributed by atoms with Crippen LogP contribution in [0.2, 0.25) is 0 Å². The van der Waals surface area contributed by atoms with Crippen LogP contribution >= 0.6 is 0 Å². The van der Waals surface area contributed by atoms with Crippen LogP contribution in [0.3, 0.4) is 0 Å². The van der Waals surface area contributed by atoms with Gasteiger partial charge in [-0.25, -0.2) is 0 Å². The van der Waals surface area contributed by atoms with Crippen LogP contribution in [0.1, 0.15) is 64.0 Å². The number of rotatable bonds is 10. The monoisotopic (exact) mass is 462 g/mol. The smallest absolute Gasteiger partial charge is 0.237 e. The van der Waals surface area contributed by atoms with Crippen molar-refractivity contribution in [3.05, 3.63) is 71.0 Å². The van der Waals surface area contributed by atoms with Crippen molar-refractivity contribution >= 4 is 5.91 Å². The number of nitrogens with one attached hydrogen (secondary N) is 1. The van der Waals surface area contributed by atoms with Crippen molar-refractivity contribution in [3.63, 3.8) is 0 Å². The van der Waals surface area contributed by atoms with Crippen molar-refractivity contribution in [1.82, 2.24) is 10.2 Å². The van der Waals surface area contributed by atoms with Crippen molar-refractivity contribution < 1.29 is 9.53 Å². The van der Waals surface area contributed by atoms with E-state index >= 15 is 0 Å². The molecular formula is C30H42N2O2. The minimum absolute atomic E-state index is 0.0675. The predicted molar refractivity (Wildman–Crippen MR) is 139 cm³/mol. The molecular weight excluding hydrogens is 420 g/mol. The van der Waals surface area contributed by atoms with Gasteiger partial charge in [0.1, 0.15) is 5.76 Å². The van der Waals surface area contributed by atoms with Gasteiger partial charge in [0.2, 0.25) is 5.91 Å². The molecule has 2 atom stereocenters. The van der Waals surface area contributed by atoms with E-state index in [1.54, 1.807) is 0 Å². The SMILES string of the molecule is C/C=C\CCOC1=C(CN2C[C@@H](C3Cc4ccccc4C3)NC(=O)[C@H]2C(CC)CC)C=CCC1. The molecule has 4 nitrogen and oxygen atoms in total. The Hall–Kier alpha value is -2.33. The van der Waals surface area contributed by atoms with Crippen molar-refractivity contribution in [3.8, 4) is 0 Å². The second kappa shape index (κ2) is 11.9. The largest absolute Gasteiger partial charge is 0.497 e. The molecule has 1 fully saturated rings. The molecule has 0 spiro atoms. The number of allylic oxidation sites excluding steroid dienone is 3. The maximum Gasteiger partial charge on any atom is 0.237 e. The van der Waals surface area contributed by atoms with Gasteiger partial charge in [-0.05, 0) is 55.6 Å². The molecule has 0 bridgehead atoms. The van der Waals surface area contributed by atoms with Gasteiger partial charge in [-0.15, -0.1) is 0 Å². The summed E-state index contributed by atoms with van der Waals surface area (Å²) in [4.78, 5) is 16.0. The number of amides is 1. The number of hydrogen-bond donors (Lipinski definition) is 1. The number of ether oxygens (including phenoxy) is 1. The Labute approximate surface area is 206 Å². The Morgan fingerprint density at radius 2 is 1.91 bits per heavy atom. The second-order valence-corrected chi connectivity index (χ2v) is 10.1. The highest BCUT2D eigenvalue weighted by molar-refractivity contribution is 5.83. The second-order valence-electron chi connectivity index (χ2n) is 10.1. The number of nitrogens with zero attached hydrogens (tertiary/aromatic N) is 1. The first-order valence-corrected chi connectivity index (χ1v) is 13.4. The average molecular weight is 463 g/mol. The Kier molecular flexibility index (Phi) is 8.66. The number of carbonyl (C=O) groups excluding carboxylic acids is 1. The standard InChI is InChI=1S/C30H42N2O2/c1-4-7-12-17-34-28-16-11-10-15-25(28)20-32-21-27(31-30(33)29(32)22(5-2)6-3)26-18-23-13-8-9-14-24(23)19-26/h4,7-10,13-15,22,26-27,29H,5-6,11-12,16-21H2,1-3H3,(H,31,33)/b7-4-/t27-,29+/m0/s1. The maximum atomic E-state index is 13.5. The van der Waals surface area contributed by atoms with E-state index in [2.05, 4.69) is 72.6 Å². The summed E-state index contributed by atoms with van der Waals surface area (Å²) in [6.45, 7) is 8.90. The van der Waals surface area contributed by atoms with E-state index in [1.807, 2.05) is 6.92 Å². The quantitative estimate of drug-likeness (QED) is 0.364. The minimum Gasteiger partial charge on any atom is -0.497 e. The highest BCUT2D eigenvalue weighted by Crippen LogP contribution is 2.33. The molecule has 3 aliphatic rings. The summed E-state index contributed by atoms with van der Waals surface area (Å²) < 4.78 is 6.23. The van der Waals surface area contributed by atoms with Crippen molar-refractivity contribution in [1.29, 1.82) is 0 Å². The molecule has 1 aromatic carbocycles. The molecule has 4 heteroatoms. The van der Waals surface area contributed by atoms with E-state index < -0.39 is 0 Å². The summed E-state index contributed by atoms with van der Waals surface area (Å²) in [6, 6.07) is 8.89. The number of fused-ring (bicyclic) bond motifs is 1. The van der Waals surface area contributed by atoms with Gasteiger partial charge in [0.25, 0.3) is 0 Å². The topological polar surface area (TPSA) is 41.6 Å². The molecule has 1 saturated heterocycles. The molecule has 1 aliphatic heterocycles. The van der Waals surface area contributed by atoms with Gasteiger partial charge in [-0.3, -0.25) is 9.69 Å². The van der Waals surface area contributed by atoms with Gasteiger partial charge in [-0.1, -0.05) is 75.3 Å². The molecule has 1 N–H and O–H groups in total. The first kappa shape index (κ1) is 24.8. The van der Waals surface area contributed by atoms with Crippen LogP contribution in [0, 0.1) is 11.8 Å². The molecule has 0 aromatic heterocycles. The Morgan fingerprint density at radius 3 is 2.59 bits per heavy atom. The highest BCUT2D eigenvalue weighted by Gasteiger charge is 2.42. The van der Waals surface area contributed by atoms with Gasteiger partial charge in [0, 0.05) is 31.1 Å². The van der Waals surface area contributed by atoms with Crippen molar-refractivity contribution in [2.75, 3.05) is 19.7 Å². The summed E-state index contributed by atoms with van der Waals surface area (Å²) in [6.07, 6.45) is 15.8. The summed E-state index contributed by atoms with van der Waals surface area (Å²) in [5.74, 6) is 2.18. The number of hydrogen-bond acceptors (Lipinski definition) is 3. The molecule has 4 rings (SSSR count). The average Bonchev–Trinajstić information content (AvgIpc) is 3.29. The minimum atomic E-state index is -0.0675. The summed E-state index contributed by atoms with van der Waals surface area (Å²) in [7, 11) is 0. The van der Waals surface area contributed by atoms with Crippen LogP contribution in [0.15, 0.2) is 59.9 Å². The third kappa shape index (κ3) is 5.66. The van der Waals surface area contributed by atoms with Gasteiger partial charge < -0.3 is 10.1 Å². The first-order chi connectivity index (χ1) is 16.6. The normalized spacial score (nSPS) is 23.7. The van der Waals surface area contributed by atoms with E-state index in [4.69, 9.17) is 4.74 Å². The van der Waals surface area contributed by atoms with Crippen LogP contribution in [-0.4, -0.2) is 42.6 Å². The fourth-order valence-corrected chi connectivity index (χ4v) is 6.04. The van der Waals surface area contributed by atoms with E-state index in [1.165, 1.54) is 16.7 Å². The highest BCUT2D eigenvalue weighted by atomic mass is 16.5. The number of piperazine rings is 1. The molecule has 1 amide bonds. The number of carbonyl (C=O) groups is 1.